The number of carbonyl (C=O) groups excluding carboxylic acids is 1. The molecule has 1 aliphatic rings. The zero-order valence-corrected chi connectivity index (χ0v) is 9.72. The van der Waals surface area contributed by atoms with Gasteiger partial charge in [0.2, 0.25) is 0 Å². The number of benzene rings is 1. The van der Waals surface area contributed by atoms with Crippen LogP contribution in [0, 0.1) is 0 Å². The van der Waals surface area contributed by atoms with Gasteiger partial charge in [-0.3, -0.25) is 0 Å². The molecule has 6 heteroatoms. The maximum Gasteiger partial charge on any atom is 0.339 e. The van der Waals surface area contributed by atoms with Gasteiger partial charge in [0.15, 0.2) is 5.75 Å². The quantitative estimate of drug-likeness (QED) is 0.697. The van der Waals surface area contributed by atoms with Crippen molar-refractivity contribution in [1.82, 2.24) is 4.90 Å². The highest BCUT2D eigenvalue weighted by molar-refractivity contribution is 5.97. The number of amides is 2. The minimum Gasteiger partial charge on any atom is -0.505 e. The molecular formula is C12H14N2O4. The Morgan fingerprint density at radius 3 is 2.50 bits per heavy atom. The van der Waals surface area contributed by atoms with Crippen molar-refractivity contribution in [3.05, 3.63) is 23.8 Å². The van der Waals surface area contributed by atoms with Gasteiger partial charge < -0.3 is 20.4 Å². The highest BCUT2D eigenvalue weighted by atomic mass is 16.4. The first kappa shape index (κ1) is 12.2. The number of hydrogen-bond donors (Lipinski definition) is 3. The number of carboxylic acid groups (broad SMARTS) is 1. The van der Waals surface area contributed by atoms with Crippen molar-refractivity contribution in [1.29, 1.82) is 0 Å². The van der Waals surface area contributed by atoms with Crippen LogP contribution in [0.5, 0.6) is 5.75 Å². The average molecular weight is 250 g/mol. The van der Waals surface area contributed by atoms with Crippen molar-refractivity contribution < 1.29 is 19.8 Å². The van der Waals surface area contributed by atoms with Gasteiger partial charge in [-0.25, -0.2) is 9.59 Å². The van der Waals surface area contributed by atoms with Gasteiger partial charge in [-0.2, -0.15) is 0 Å². The Kier molecular flexibility index (Phi) is 3.36. The molecule has 1 saturated heterocycles. The van der Waals surface area contributed by atoms with Crippen LogP contribution in [0.1, 0.15) is 23.2 Å². The van der Waals surface area contributed by atoms with Crippen molar-refractivity contribution in [2.45, 2.75) is 12.8 Å². The second-order valence-electron chi connectivity index (χ2n) is 4.13. The van der Waals surface area contributed by atoms with Crippen LogP contribution >= 0.6 is 0 Å². The highest BCUT2D eigenvalue weighted by Gasteiger charge is 2.20. The number of aromatic hydroxyl groups is 1. The fourth-order valence-corrected chi connectivity index (χ4v) is 1.93. The highest BCUT2D eigenvalue weighted by Crippen LogP contribution is 2.27. The van der Waals surface area contributed by atoms with E-state index in [0.717, 1.165) is 12.8 Å². The minimum atomic E-state index is -1.23. The lowest BCUT2D eigenvalue weighted by Gasteiger charge is -2.17. The molecular weight excluding hydrogens is 236 g/mol. The number of carbonyl (C=O) groups is 2. The van der Waals surface area contributed by atoms with Gasteiger partial charge in [0, 0.05) is 13.1 Å². The Labute approximate surface area is 104 Å². The van der Waals surface area contributed by atoms with E-state index in [2.05, 4.69) is 5.32 Å². The predicted molar refractivity (Wildman–Crippen MR) is 64.9 cm³/mol. The van der Waals surface area contributed by atoms with Gasteiger partial charge >= 0.3 is 12.0 Å². The molecule has 0 atom stereocenters. The smallest absolute Gasteiger partial charge is 0.339 e. The third-order valence-electron chi connectivity index (χ3n) is 2.90. The first-order chi connectivity index (χ1) is 8.59. The summed E-state index contributed by atoms with van der Waals surface area (Å²) in [6, 6.07) is 3.91. The molecule has 1 fully saturated rings. The van der Waals surface area contributed by atoms with E-state index in [1.807, 2.05) is 0 Å². The predicted octanol–water partition coefficient (Wildman–Crippen LogP) is 1.72. The summed E-state index contributed by atoms with van der Waals surface area (Å²) < 4.78 is 0. The van der Waals surface area contributed by atoms with Gasteiger partial charge in [-0.05, 0) is 25.0 Å². The Morgan fingerprint density at radius 2 is 1.89 bits per heavy atom. The van der Waals surface area contributed by atoms with Gasteiger partial charge in [0.25, 0.3) is 0 Å². The summed E-state index contributed by atoms with van der Waals surface area (Å²) in [5.41, 5.74) is -0.110. The lowest BCUT2D eigenvalue weighted by Crippen LogP contribution is -2.32. The first-order valence-corrected chi connectivity index (χ1v) is 5.71. The third kappa shape index (κ3) is 2.37. The number of hydrogen-bond acceptors (Lipinski definition) is 3. The molecule has 3 N–H and O–H groups in total. The van der Waals surface area contributed by atoms with E-state index in [1.54, 1.807) is 4.90 Å². The first-order valence-electron chi connectivity index (χ1n) is 5.71. The van der Waals surface area contributed by atoms with Crippen molar-refractivity contribution in [2.75, 3.05) is 18.4 Å². The van der Waals surface area contributed by atoms with Crippen LogP contribution in [0.3, 0.4) is 0 Å². The van der Waals surface area contributed by atoms with Crippen LogP contribution in [-0.2, 0) is 0 Å². The maximum absolute atomic E-state index is 11.8. The molecule has 1 aromatic carbocycles. The summed E-state index contributed by atoms with van der Waals surface area (Å²) in [6.07, 6.45) is 1.93. The van der Waals surface area contributed by atoms with E-state index in [9.17, 15) is 14.7 Å². The largest absolute Gasteiger partial charge is 0.505 e. The van der Waals surface area contributed by atoms with Crippen LogP contribution in [-0.4, -0.2) is 40.2 Å². The summed E-state index contributed by atoms with van der Waals surface area (Å²) in [7, 11) is 0. The lowest BCUT2D eigenvalue weighted by molar-refractivity contribution is 0.0693. The van der Waals surface area contributed by atoms with Crippen LogP contribution in [0.25, 0.3) is 0 Å². The zero-order chi connectivity index (χ0) is 13.1. The third-order valence-corrected chi connectivity index (χ3v) is 2.90. The molecule has 2 rings (SSSR count). The topological polar surface area (TPSA) is 89.9 Å². The molecule has 0 saturated carbocycles. The number of nitrogens with zero attached hydrogens (tertiary/aromatic N) is 1. The molecule has 18 heavy (non-hydrogen) atoms. The van der Waals surface area contributed by atoms with Gasteiger partial charge in [0.1, 0.15) is 5.56 Å². The van der Waals surface area contributed by atoms with E-state index in [0.29, 0.717) is 13.1 Å². The average Bonchev–Trinajstić information content (AvgIpc) is 2.85. The Hall–Kier alpha value is -2.24. The summed E-state index contributed by atoms with van der Waals surface area (Å²) in [5.74, 6) is -1.65. The molecule has 1 heterocycles. The minimum absolute atomic E-state index is 0.117. The molecule has 2 amide bonds. The summed E-state index contributed by atoms with van der Waals surface area (Å²) in [5, 5.41) is 21.1. The van der Waals surface area contributed by atoms with E-state index >= 15 is 0 Å². The molecule has 0 aliphatic carbocycles. The monoisotopic (exact) mass is 250 g/mol. The van der Waals surface area contributed by atoms with E-state index < -0.39 is 11.7 Å². The van der Waals surface area contributed by atoms with E-state index in [-0.39, 0.29) is 17.3 Å². The van der Waals surface area contributed by atoms with Crippen molar-refractivity contribution in [2.24, 2.45) is 0 Å². The van der Waals surface area contributed by atoms with Crippen molar-refractivity contribution in [3.8, 4) is 5.75 Å². The number of urea groups is 1. The van der Waals surface area contributed by atoms with Gasteiger partial charge in [-0.1, -0.05) is 6.07 Å². The fourth-order valence-electron chi connectivity index (χ4n) is 1.93. The lowest BCUT2D eigenvalue weighted by atomic mass is 10.1. The molecule has 1 aliphatic heterocycles. The molecule has 0 spiro atoms. The SMILES string of the molecule is O=C(O)c1cccc(NC(=O)N2CCCC2)c1O. The number of nitrogens with one attached hydrogen (secondary N) is 1. The second-order valence-corrected chi connectivity index (χ2v) is 4.13. The molecule has 0 aromatic heterocycles. The summed E-state index contributed by atoms with van der Waals surface area (Å²) in [6.45, 7) is 1.37. The molecule has 1 aromatic rings. The maximum atomic E-state index is 11.8. The van der Waals surface area contributed by atoms with E-state index in [1.165, 1.54) is 18.2 Å². The number of likely N-dealkylation sites (tertiary alicyclic amines) is 1. The summed E-state index contributed by atoms with van der Waals surface area (Å²) in [4.78, 5) is 24.3. The van der Waals surface area contributed by atoms with Crippen molar-refractivity contribution >= 4 is 17.7 Å². The molecule has 0 bridgehead atoms. The Balaban J connectivity index is 2.16. The van der Waals surface area contributed by atoms with Crippen LogP contribution in [0.15, 0.2) is 18.2 Å². The number of para-hydroxylation sites is 1. The normalized spacial score (nSPS) is 14.6. The van der Waals surface area contributed by atoms with Crippen LogP contribution in [0.4, 0.5) is 10.5 Å². The van der Waals surface area contributed by atoms with Crippen LogP contribution in [0.2, 0.25) is 0 Å². The fraction of sp³-hybridized carbons (Fsp3) is 0.333. The van der Waals surface area contributed by atoms with Gasteiger partial charge in [0.05, 0.1) is 5.69 Å². The number of phenols is 1. The van der Waals surface area contributed by atoms with E-state index in [4.69, 9.17) is 5.11 Å². The van der Waals surface area contributed by atoms with Crippen molar-refractivity contribution in [3.63, 3.8) is 0 Å². The summed E-state index contributed by atoms with van der Waals surface area (Å²) >= 11 is 0. The number of aromatic carboxylic acids is 1. The Bertz CT molecular complexity index is 481. The molecule has 96 valence electrons. The standard InChI is InChI=1S/C12H14N2O4/c15-10-8(11(16)17)4-3-5-9(10)13-12(18)14-6-1-2-7-14/h3-5,15H,1-2,6-7H2,(H,13,18)(H,16,17). The molecule has 6 nitrogen and oxygen atoms in total. The number of anilines is 1. The molecule has 0 radical (unpaired) electrons. The van der Waals surface area contributed by atoms with Crippen LogP contribution < -0.4 is 5.32 Å². The second kappa shape index (κ2) is 4.95. The Morgan fingerprint density at radius 1 is 1.22 bits per heavy atom. The van der Waals surface area contributed by atoms with Gasteiger partial charge in [-0.15, -0.1) is 0 Å². The number of rotatable bonds is 2. The number of carboxylic acids is 1. The molecule has 0 unspecified atom stereocenters. The zero-order valence-electron chi connectivity index (χ0n) is 9.72.